The van der Waals surface area contributed by atoms with Crippen LogP contribution in [-0.2, 0) is 6.42 Å². The molecule has 2 aromatic carbocycles. The molecule has 1 unspecified atom stereocenters. The minimum atomic E-state index is -0.218. The summed E-state index contributed by atoms with van der Waals surface area (Å²) in [6.07, 6.45) is 2.68. The molecule has 1 aliphatic heterocycles. The van der Waals surface area contributed by atoms with Crippen molar-refractivity contribution in [3.05, 3.63) is 83.8 Å². The smallest absolute Gasteiger partial charge is 0.319 e. The third-order valence-corrected chi connectivity index (χ3v) is 4.90. The first-order chi connectivity index (χ1) is 13.2. The van der Waals surface area contributed by atoms with E-state index < -0.39 is 0 Å². The number of rotatable bonds is 5. The van der Waals surface area contributed by atoms with Crippen molar-refractivity contribution in [2.45, 2.75) is 19.4 Å². The average molecular weight is 361 g/mol. The molecule has 27 heavy (non-hydrogen) atoms. The van der Waals surface area contributed by atoms with Gasteiger partial charge in [0, 0.05) is 24.5 Å². The highest BCUT2D eigenvalue weighted by Gasteiger charge is 2.29. The number of amides is 2. The van der Waals surface area contributed by atoms with Gasteiger partial charge >= 0.3 is 6.03 Å². The van der Waals surface area contributed by atoms with Gasteiger partial charge in [-0.25, -0.2) is 4.79 Å². The molecule has 0 saturated heterocycles. The lowest BCUT2D eigenvalue weighted by molar-refractivity contribution is 0.251. The molecule has 1 atom stereocenters. The minimum absolute atomic E-state index is 0.0492. The third kappa shape index (κ3) is 3.82. The molecular weight excluding hydrogens is 338 g/mol. The summed E-state index contributed by atoms with van der Waals surface area (Å²) in [5.41, 5.74) is 4.43. The number of fused-ring (bicyclic) bond motifs is 1. The molecule has 1 aromatic heterocycles. The number of furan rings is 1. The second-order valence-corrected chi connectivity index (χ2v) is 6.81. The van der Waals surface area contributed by atoms with Crippen LogP contribution >= 0.6 is 0 Å². The summed E-state index contributed by atoms with van der Waals surface area (Å²) in [4.78, 5) is 14.7. The SMILES string of the molecule is Cc1cccc(NC(=O)NCC(c2ccco2)N2CCc3ccccc32)c1. The molecule has 0 radical (unpaired) electrons. The van der Waals surface area contributed by atoms with Crippen molar-refractivity contribution >= 4 is 17.4 Å². The first-order valence-electron chi connectivity index (χ1n) is 9.20. The monoisotopic (exact) mass is 361 g/mol. The Morgan fingerprint density at radius 1 is 1.15 bits per heavy atom. The minimum Gasteiger partial charge on any atom is -0.467 e. The first-order valence-corrected chi connectivity index (χ1v) is 9.20. The van der Waals surface area contributed by atoms with Gasteiger partial charge in [-0.05, 0) is 54.8 Å². The van der Waals surface area contributed by atoms with Crippen LogP contribution in [-0.4, -0.2) is 19.1 Å². The molecule has 1 aliphatic rings. The molecule has 0 fully saturated rings. The summed E-state index contributed by atoms with van der Waals surface area (Å²) in [6.45, 7) is 3.37. The first kappa shape index (κ1) is 17.2. The van der Waals surface area contributed by atoms with Crippen LogP contribution in [0.4, 0.5) is 16.2 Å². The second kappa shape index (κ2) is 7.58. The predicted octanol–water partition coefficient (Wildman–Crippen LogP) is 4.51. The van der Waals surface area contributed by atoms with Crippen molar-refractivity contribution in [1.82, 2.24) is 5.32 Å². The molecule has 0 saturated carbocycles. The van der Waals surface area contributed by atoms with Gasteiger partial charge in [0.15, 0.2) is 0 Å². The van der Waals surface area contributed by atoms with Gasteiger partial charge in [-0.2, -0.15) is 0 Å². The Bertz CT molecular complexity index is 921. The molecule has 0 aliphatic carbocycles. The van der Waals surface area contributed by atoms with E-state index in [0.717, 1.165) is 30.0 Å². The van der Waals surface area contributed by atoms with Gasteiger partial charge in [0.1, 0.15) is 11.8 Å². The molecule has 0 spiro atoms. The molecule has 2 N–H and O–H groups in total. The maximum absolute atomic E-state index is 12.4. The van der Waals surface area contributed by atoms with E-state index in [1.807, 2.05) is 49.4 Å². The van der Waals surface area contributed by atoms with Gasteiger partial charge < -0.3 is 20.0 Å². The molecular formula is C22H23N3O2. The van der Waals surface area contributed by atoms with E-state index in [-0.39, 0.29) is 12.1 Å². The number of urea groups is 1. The number of carbonyl (C=O) groups excluding carboxylic acids is 1. The number of carbonyl (C=O) groups is 1. The molecule has 2 heterocycles. The summed E-state index contributed by atoms with van der Waals surface area (Å²) >= 11 is 0. The summed E-state index contributed by atoms with van der Waals surface area (Å²) < 4.78 is 5.68. The maximum atomic E-state index is 12.4. The third-order valence-electron chi connectivity index (χ3n) is 4.90. The summed E-state index contributed by atoms with van der Waals surface area (Å²) in [5.74, 6) is 0.850. The molecule has 3 aromatic rings. The van der Waals surface area contributed by atoms with Gasteiger partial charge in [0.05, 0.1) is 6.26 Å². The molecule has 2 amide bonds. The van der Waals surface area contributed by atoms with Crippen LogP contribution in [0.1, 0.15) is 22.9 Å². The quantitative estimate of drug-likeness (QED) is 0.703. The van der Waals surface area contributed by atoms with Crippen LogP contribution in [0, 0.1) is 6.92 Å². The van der Waals surface area contributed by atoms with Crippen LogP contribution in [0.3, 0.4) is 0 Å². The number of anilines is 2. The Hall–Kier alpha value is -3.21. The topological polar surface area (TPSA) is 57.5 Å². The molecule has 4 rings (SSSR count). The Labute approximate surface area is 159 Å². The number of aryl methyl sites for hydroxylation is 1. The highest BCUT2D eigenvalue weighted by Crippen LogP contribution is 2.34. The Balaban J connectivity index is 1.47. The summed E-state index contributed by atoms with van der Waals surface area (Å²) in [6, 6.07) is 19.7. The van der Waals surface area contributed by atoms with E-state index in [1.54, 1.807) is 6.26 Å². The maximum Gasteiger partial charge on any atom is 0.319 e. The van der Waals surface area contributed by atoms with E-state index >= 15 is 0 Å². The van der Waals surface area contributed by atoms with Crippen LogP contribution in [0.5, 0.6) is 0 Å². The fraction of sp³-hybridized carbons (Fsp3) is 0.227. The number of hydrogen-bond acceptors (Lipinski definition) is 3. The number of nitrogens with one attached hydrogen (secondary N) is 2. The summed E-state index contributed by atoms with van der Waals surface area (Å²) in [5, 5.41) is 5.89. The van der Waals surface area contributed by atoms with E-state index in [1.165, 1.54) is 11.3 Å². The number of nitrogens with zero attached hydrogens (tertiary/aromatic N) is 1. The van der Waals surface area contributed by atoms with Crippen molar-refractivity contribution in [1.29, 1.82) is 0 Å². The largest absolute Gasteiger partial charge is 0.467 e. The Morgan fingerprint density at radius 2 is 2.04 bits per heavy atom. The van der Waals surface area contributed by atoms with Gasteiger partial charge in [-0.15, -0.1) is 0 Å². The summed E-state index contributed by atoms with van der Waals surface area (Å²) in [7, 11) is 0. The van der Waals surface area contributed by atoms with Gasteiger partial charge in [0.25, 0.3) is 0 Å². The number of benzene rings is 2. The molecule has 0 bridgehead atoms. The fourth-order valence-corrected chi connectivity index (χ4v) is 3.62. The number of para-hydroxylation sites is 1. The van der Waals surface area contributed by atoms with E-state index in [9.17, 15) is 4.79 Å². The lowest BCUT2D eigenvalue weighted by Gasteiger charge is -2.29. The zero-order chi connectivity index (χ0) is 18.6. The zero-order valence-corrected chi connectivity index (χ0v) is 15.3. The van der Waals surface area contributed by atoms with Crippen molar-refractivity contribution in [3.8, 4) is 0 Å². The van der Waals surface area contributed by atoms with E-state index in [0.29, 0.717) is 6.54 Å². The van der Waals surface area contributed by atoms with Crippen molar-refractivity contribution in [2.24, 2.45) is 0 Å². The molecule has 5 heteroatoms. The van der Waals surface area contributed by atoms with Gasteiger partial charge in [-0.3, -0.25) is 0 Å². The average Bonchev–Trinajstić information content (AvgIpc) is 3.33. The van der Waals surface area contributed by atoms with Crippen molar-refractivity contribution in [2.75, 3.05) is 23.3 Å². The highest BCUT2D eigenvalue weighted by atomic mass is 16.3. The van der Waals surface area contributed by atoms with E-state index in [2.05, 4.69) is 33.7 Å². The van der Waals surface area contributed by atoms with Crippen LogP contribution < -0.4 is 15.5 Å². The van der Waals surface area contributed by atoms with Crippen LogP contribution in [0.15, 0.2) is 71.3 Å². The van der Waals surface area contributed by atoms with Gasteiger partial charge in [0.2, 0.25) is 0 Å². The Kier molecular flexibility index (Phi) is 4.83. The normalized spacial score (nSPS) is 13.9. The molecule has 5 nitrogen and oxygen atoms in total. The van der Waals surface area contributed by atoms with Gasteiger partial charge in [-0.1, -0.05) is 30.3 Å². The predicted molar refractivity (Wildman–Crippen MR) is 107 cm³/mol. The second-order valence-electron chi connectivity index (χ2n) is 6.81. The zero-order valence-electron chi connectivity index (χ0n) is 15.3. The van der Waals surface area contributed by atoms with Crippen LogP contribution in [0.25, 0.3) is 0 Å². The highest BCUT2D eigenvalue weighted by molar-refractivity contribution is 5.89. The molecule has 138 valence electrons. The fourth-order valence-electron chi connectivity index (χ4n) is 3.62. The van der Waals surface area contributed by atoms with E-state index in [4.69, 9.17) is 4.42 Å². The van der Waals surface area contributed by atoms with Crippen molar-refractivity contribution in [3.63, 3.8) is 0 Å². The van der Waals surface area contributed by atoms with Crippen molar-refractivity contribution < 1.29 is 9.21 Å². The lowest BCUT2D eigenvalue weighted by Crippen LogP contribution is -2.39. The standard InChI is InChI=1S/C22H23N3O2/c1-16-6-4-8-18(14-16)24-22(26)23-15-20(21-10-5-13-27-21)25-12-11-17-7-2-3-9-19(17)25/h2-10,13-14,20H,11-12,15H2,1H3,(H2,23,24,26). The lowest BCUT2D eigenvalue weighted by atomic mass is 10.1. The number of hydrogen-bond donors (Lipinski definition) is 2. The Morgan fingerprint density at radius 3 is 2.85 bits per heavy atom. The van der Waals surface area contributed by atoms with Crippen LogP contribution in [0.2, 0.25) is 0 Å².